The summed E-state index contributed by atoms with van der Waals surface area (Å²) in [5.74, 6) is -0.252. The van der Waals surface area contributed by atoms with Crippen molar-refractivity contribution in [1.29, 1.82) is 0 Å². The SMILES string of the molecule is CCCC(C)(N)C(=O)Nc1ccc(C(=O)NC2CCCCC2)cc1. The molecule has 5 nitrogen and oxygen atoms in total. The predicted molar refractivity (Wildman–Crippen MR) is 96.9 cm³/mol. The molecule has 0 aliphatic heterocycles. The number of rotatable bonds is 6. The first kappa shape index (κ1) is 18.5. The monoisotopic (exact) mass is 331 g/mol. The van der Waals surface area contributed by atoms with Gasteiger partial charge in [0.1, 0.15) is 0 Å². The van der Waals surface area contributed by atoms with Gasteiger partial charge in [-0.05, 0) is 50.5 Å². The number of benzene rings is 1. The minimum atomic E-state index is -0.883. The van der Waals surface area contributed by atoms with E-state index in [0.29, 0.717) is 17.7 Å². The molecular weight excluding hydrogens is 302 g/mol. The lowest BCUT2D eigenvalue weighted by Gasteiger charge is -2.23. The Bertz CT molecular complexity index is 560. The summed E-state index contributed by atoms with van der Waals surface area (Å²) in [6.45, 7) is 3.73. The number of anilines is 1. The molecule has 1 aliphatic rings. The van der Waals surface area contributed by atoms with Crippen LogP contribution in [-0.2, 0) is 4.79 Å². The van der Waals surface area contributed by atoms with Crippen molar-refractivity contribution in [3.63, 3.8) is 0 Å². The zero-order valence-corrected chi connectivity index (χ0v) is 14.7. The minimum absolute atomic E-state index is 0.0468. The summed E-state index contributed by atoms with van der Waals surface area (Å²) < 4.78 is 0. The molecule has 1 unspecified atom stereocenters. The van der Waals surface area contributed by atoms with Crippen molar-refractivity contribution in [3.05, 3.63) is 29.8 Å². The fourth-order valence-corrected chi connectivity index (χ4v) is 3.13. The van der Waals surface area contributed by atoms with E-state index in [1.54, 1.807) is 31.2 Å². The third-order valence-corrected chi connectivity index (χ3v) is 4.63. The van der Waals surface area contributed by atoms with Crippen LogP contribution < -0.4 is 16.4 Å². The molecule has 1 atom stereocenters. The molecule has 2 rings (SSSR count). The summed E-state index contributed by atoms with van der Waals surface area (Å²) in [6.07, 6.45) is 7.23. The maximum atomic E-state index is 12.3. The lowest BCUT2D eigenvalue weighted by Crippen LogP contribution is -2.48. The zero-order chi connectivity index (χ0) is 17.6. The second-order valence-electron chi connectivity index (χ2n) is 7.01. The molecule has 0 bridgehead atoms. The highest BCUT2D eigenvalue weighted by Gasteiger charge is 2.27. The lowest BCUT2D eigenvalue weighted by molar-refractivity contribution is -0.120. The number of hydrogen-bond acceptors (Lipinski definition) is 3. The normalized spacial score (nSPS) is 17.8. The van der Waals surface area contributed by atoms with Crippen molar-refractivity contribution in [2.75, 3.05) is 5.32 Å². The molecule has 132 valence electrons. The Labute approximate surface area is 144 Å². The van der Waals surface area contributed by atoms with Gasteiger partial charge in [0, 0.05) is 17.3 Å². The third kappa shape index (κ3) is 5.06. The highest BCUT2D eigenvalue weighted by Crippen LogP contribution is 2.19. The number of nitrogens with two attached hydrogens (primary N) is 1. The minimum Gasteiger partial charge on any atom is -0.349 e. The predicted octanol–water partition coefficient (Wildman–Crippen LogP) is 3.21. The third-order valence-electron chi connectivity index (χ3n) is 4.63. The van der Waals surface area contributed by atoms with E-state index in [0.717, 1.165) is 19.3 Å². The van der Waals surface area contributed by atoms with E-state index < -0.39 is 5.54 Å². The van der Waals surface area contributed by atoms with Crippen molar-refractivity contribution < 1.29 is 9.59 Å². The van der Waals surface area contributed by atoms with Gasteiger partial charge in [0.2, 0.25) is 5.91 Å². The van der Waals surface area contributed by atoms with Crippen LogP contribution in [0.4, 0.5) is 5.69 Å². The number of carbonyl (C=O) groups is 2. The maximum Gasteiger partial charge on any atom is 0.251 e. The summed E-state index contributed by atoms with van der Waals surface area (Å²) >= 11 is 0. The van der Waals surface area contributed by atoms with Crippen LogP contribution in [0.25, 0.3) is 0 Å². The summed E-state index contributed by atoms with van der Waals surface area (Å²) in [5, 5.41) is 5.91. The van der Waals surface area contributed by atoms with Gasteiger partial charge in [0.15, 0.2) is 0 Å². The maximum absolute atomic E-state index is 12.3. The zero-order valence-electron chi connectivity index (χ0n) is 14.7. The molecule has 0 aromatic heterocycles. The molecule has 5 heteroatoms. The van der Waals surface area contributed by atoms with E-state index in [-0.39, 0.29) is 17.9 Å². The van der Waals surface area contributed by atoms with Crippen molar-refractivity contribution in [1.82, 2.24) is 5.32 Å². The Kier molecular flexibility index (Phi) is 6.37. The summed E-state index contributed by atoms with van der Waals surface area (Å²) in [6, 6.07) is 7.26. The van der Waals surface area contributed by atoms with Crippen molar-refractivity contribution in [3.8, 4) is 0 Å². The molecule has 24 heavy (non-hydrogen) atoms. The van der Waals surface area contributed by atoms with Gasteiger partial charge >= 0.3 is 0 Å². The van der Waals surface area contributed by atoms with Gasteiger partial charge in [0.05, 0.1) is 5.54 Å². The molecule has 1 saturated carbocycles. The van der Waals surface area contributed by atoms with E-state index in [9.17, 15) is 9.59 Å². The van der Waals surface area contributed by atoms with Gasteiger partial charge in [-0.25, -0.2) is 0 Å². The number of hydrogen-bond donors (Lipinski definition) is 3. The smallest absolute Gasteiger partial charge is 0.251 e. The molecule has 0 heterocycles. The molecule has 0 radical (unpaired) electrons. The first-order chi connectivity index (χ1) is 11.4. The van der Waals surface area contributed by atoms with Gasteiger partial charge in [0.25, 0.3) is 5.91 Å². The Balaban J connectivity index is 1.92. The summed E-state index contributed by atoms with van der Waals surface area (Å²) in [4.78, 5) is 24.5. The first-order valence-electron chi connectivity index (χ1n) is 8.93. The number of nitrogens with one attached hydrogen (secondary N) is 2. The highest BCUT2D eigenvalue weighted by molar-refractivity contribution is 5.98. The molecule has 0 spiro atoms. The highest BCUT2D eigenvalue weighted by atomic mass is 16.2. The molecular formula is C19H29N3O2. The fraction of sp³-hybridized carbons (Fsp3) is 0.579. The van der Waals surface area contributed by atoms with Crippen LogP contribution >= 0.6 is 0 Å². The second kappa shape index (κ2) is 8.29. The van der Waals surface area contributed by atoms with E-state index in [2.05, 4.69) is 10.6 Å². The molecule has 4 N–H and O–H groups in total. The second-order valence-corrected chi connectivity index (χ2v) is 7.01. The van der Waals surface area contributed by atoms with Gasteiger partial charge in [-0.3, -0.25) is 9.59 Å². The average molecular weight is 331 g/mol. The summed E-state index contributed by atoms with van der Waals surface area (Å²) in [7, 11) is 0. The first-order valence-corrected chi connectivity index (χ1v) is 8.93. The number of amides is 2. The van der Waals surface area contributed by atoms with Crippen LogP contribution in [0.1, 0.15) is 69.2 Å². The van der Waals surface area contributed by atoms with Gasteiger partial charge < -0.3 is 16.4 Å². The van der Waals surface area contributed by atoms with Crippen molar-refractivity contribution >= 4 is 17.5 Å². The molecule has 1 aliphatic carbocycles. The lowest BCUT2D eigenvalue weighted by atomic mass is 9.95. The van der Waals surface area contributed by atoms with Crippen molar-refractivity contribution in [2.45, 2.75) is 70.4 Å². The van der Waals surface area contributed by atoms with Gasteiger partial charge in [-0.2, -0.15) is 0 Å². The van der Waals surface area contributed by atoms with Crippen LogP contribution in [0.3, 0.4) is 0 Å². The Hall–Kier alpha value is -1.88. The van der Waals surface area contributed by atoms with Crippen LogP contribution in [0.15, 0.2) is 24.3 Å². The van der Waals surface area contributed by atoms with Gasteiger partial charge in [-0.15, -0.1) is 0 Å². The Morgan fingerprint density at radius 3 is 2.38 bits per heavy atom. The Morgan fingerprint density at radius 2 is 1.79 bits per heavy atom. The number of carbonyl (C=O) groups excluding carboxylic acids is 2. The van der Waals surface area contributed by atoms with Crippen LogP contribution in [0.5, 0.6) is 0 Å². The molecule has 1 fully saturated rings. The Morgan fingerprint density at radius 1 is 1.17 bits per heavy atom. The average Bonchev–Trinajstić information content (AvgIpc) is 2.56. The fourth-order valence-electron chi connectivity index (χ4n) is 3.13. The standard InChI is InChI=1S/C19H29N3O2/c1-3-13-19(2,20)18(24)22-16-11-9-14(10-12-16)17(23)21-15-7-5-4-6-8-15/h9-12,15H,3-8,13,20H2,1-2H3,(H,21,23)(H,22,24). The van der Waals surface area contributed by atoms with Gasteiger partial charge in [-0.1, -0.05) is 32.6 Å². The van der Waals surface area contributed by atoms with Crippen LogP contribution in [0, 0.1) is 0 Å². The van der Waals surface area contributed by atoms with Crippen LogP contribution in [-0.4, -0.2) is 23.4 Å². The molecule has 1 aromatic rings. The summed E-state index contributed by atoms with van der Waals surface area (Å²) in [5.41, 5.74) is 6.41. The van der Waals surface area contributed by atoms with E-state index in [4.69, 9.17) is 5.73 Å². The quantitative estimate of drug-likeness (QED) is 0.748. The van der Waals surface area contributed by atoms with Crippen LogP contribution in [0.2, 0.25) is 0 Å². The topological polar surface area (TPSA) is 84.2 Å². The van der Waals surface area contributed by atoms with E-state index >= 15 is 0 Å². The van der Waals surface area contributed by atoms with E-state index in [1.807, 2.05) is 6.92 Å². The molecule has 1 aromatic carbocycles. The molecule has 0 saturated heterocycles. The molecule has 2 amide bonds. The van der Waals surface area contributed by atoms with Crippen molar-refractivity contribution in [2.24, 2.45) is 5.73 Å². The largest absolute Gasteiger partial charge is 0.349 e. The van der Waals surface area contributed by atoms with E-state index in [1.165, 1.54) is 19.3 Å².